The molecule has 1 aliphatic heterocycles. The molecule has 0 saturated carbocycles. The monoisotopic (exact) mass is 252 g/mol. The summed E-state index contributed by atoms with van der Waals surface area (Å²) in [5, 5.41) is 0. The zero-order chi connectivity index (χ0) is 13.4. The maximum absolute atomic E-state index is 11.7. The highest BCUT2D eigenvalue weighted by Gasteiger charge is 2.38. The van der Waals surface area contributed by atoms with Crippen LogP contribution >= 0.6 is 0 Å². The largest absolute Gasteiger partial charge is 0.369 e. The summed E-state index contributed by atoms with van der Waals surface area (Å²) in [6, 6.07) is 0. The van der Waals surface area contributed by atoms with Crippen LogP contribution in [0.15, 0.2) is 12.2 Å². The number of amides is 1. The molecular weight excluding hydrogens is 224 g/mol. The third kappa shape index (κ3) is 4.13. The molecule has 1 saturated heterocycles. The minimum Gasteiger partial charge on any atom is -0.369 e. The van der Waals surface area contributed by atoms with Crippen molar-refractivity contribution in [2.75, 3.05) is 19.6 Å². The Morgan fingerprint density at radius 2 is 2.17 bits per heavy atom. The van der Waals surface area contributed by atoms with Crippen molar-refractivity contribution in [1.82, 2.24) is 4.90 Å². The normalized spacial score (nSPS) is 25.7. The van der Waals surface area contributed by atoms with Gasteiger partial charge in [-0.15, -0.1) is 0 Å². The maximum Gasteiger partial charge on any atom is 0.224 e. The van der Waals surface area contributed by atoms with E-state index in [1.807, 2.05) is 0 Å². The molecule has 3 heteroatoms. The first-order chi connectivity index (χ1) is 8.64. The van der Waals surface area contributed by atoms with E-state index in [4.69, 9.17) is 5.73 Å². The molecule has 3 nitrogen and oxygen atoms in total. The first kappa shape index (κ1) is 15.2. The smallest absolute Gasteiger partial charge is 0.224 e. The van der Waals surface area contributed by atoms with Crippen molar-refractivity contribution in [2.45, 2.75) is 52.4 Å². The minimum atomic E-state index is -0.266. The quantitative estimate of drug-likeness (QED) is 0.559. The summed E-state index contributed by atoms with van der Waals surface area (Å²) in [5.41, 5.74) is 5.33. The van der Waals surface area contributed by atoms with E-state index in [0.717, 1.165) is 51.7 Å². The number of primary amides is 1. The molecule has 1 aliphatic rings. The van der Waals surface area contributed by atoms with E-state index in [2.05, 4.69) is 30.9 Å². The number of unbranched alkanes of at least 4 members (excludes halogenated alkanes) is 1. The summed E-state index contributed by atoms with van der Waals surface area (Å²) in [6.45, 7) is 7.30. The molecule has 0 aliphatic carbocycles. The van der Waals surface area contributed by atoms with Crippen LogP contribution < -0.4 is 5.73 Å². The zero-order valence-corrected chi connectivity index (χ0v) is 12.0. The Morgan fingerprint density at radius 3 is 2.78 bits per heavy atom. The van der Waals surface area contributed by atoms with Gasteiger partial charge in [0, 0.05) is 6.54 Å². The summed E-state index contributed by atoms with van der Waals surface area (Å²) in [5.74, 6) is -0.111. The Morgan fingerprint density at radius 1 is 1.39 bits per heavy atom. The van der Waals surface area contributed by atoms with E-state index < -0.39 is 0 Å². The molecule has 0 radical (unpaired) electrons. The molecule has 1 amide bonds. The molecule has 104 valence electrons. The second-order valence-corrected chi connectivity index (χ2v) is 5.40. The second kappa shape index (κ2) is 7.57. The summed E-state index contributed by atoms with van der Waals surface area (Å²) in [6.07, 6.45) is 10.8. The van der Waals surface area contributed by atoms with E-state index in [1.54, 1.807) is 0 Å². The predicted molar refractivity (Wildman–Crippen MR) is 76.3 cm³/mol. The van der Waals surface area contributed by atoms with Crippen LogP contribution in [0.1, 0.15) is 52.4 Å². The number of allylic oxidation sites excluding steroid dienone is 2. The summed E-state index contributed by atoms with van der Waals surface area (Å²) in [4.78, 5) is 14.1. The van der Waals surface area contributed by atoms with E-state index in [1.165, 1.54) is 6.42 Å². The minimum absolute atomic E-state index is 0.111. The molecule has 0 spiro atoms. The predicted octanol–water partition coefficient (Wildman–Crippen LogP) is 2.71. The average molecular weight is 252 g/mol. The fraction of sp³-hybridized carbons (Fsp3) is 0.800. The molecule has 1 atom stereocenters. The molecule has 1 rings (SSSR count). The van der Waals surface area contributed by atoms with Crippen LogP contribution in [-0.2, 0) is 4.79 Å². The first-order valence-corrected chi connectivity index (χ1v) is 7.32. The number of hydrogen-bond acceptors (Lipinski definition) is 2. The van der Waals surface area contributed by atoms with E-state index in [-0.39, 0.29) is 11.3 Å². The van der Waals surface area contributed by atoms with Gasteiger partial charge < -0.3 is 10.6 Å². The van der Waals surface area contributed by atoms with Crippen molar-refractivity contribution >= 4 is 5.91 Å². The van der Waals surface area contributed by atoms with Crippen LogP contribution in [-0.4, -0.2) is 30.4 Å². The van der Waals surface area contributed by atoms with Crippen LogP contribution in [0.5, 0.6) is 0 Å². The lowest BCUT2D eigenvalue weighted by atomic mass is 9.77. The lowest BCUT2D eigenvalue weighted by Gasteiger charge is -2.40. The third-order valence-electron chi connectivity index (χ3n) is 4.10. The van der Waals surface area contributed by atoms with E-state index in [9.17, 15) is 4.79 Å². The number of likely N-dealkylation sites (tertiary alicyclic amines) is 1. The van der Waals surface area contributed by atoms with Crippen molar-refractivity contribution in [1.29, 1.82) is 0 Å². The fourth-order valence-electron chi connectivity index (χ4n) is 2.80. The van der Waals surface area contributed by atoms with Crippen LogP contribution in [0.25, 0.3) is 0 Å². The highest BCUT2D eigenvalue weighted by molar-refractivity contribution is 5.81. The highest BCUT2D eigenvalue weighted by atomic mass is 16.1. The number of nitrogens with two attached hydrogens (primary N) is 1. The molecule has 18 heavy (non-hydrogen) atoms. The number of carbonyl (C=O) groups is 1. The van der Waals surface area contributed by atoms with Crippen LogP contribution in [0, 0.1) is 5.41 Å². The zero-order valence-electron chi connectivity index (χ0n) is 12.0. The van der Waals surface area contributed by atoms with Gasteiger partial charge >= 0.3 is 0 Å². The summed E-state index contributed by atoms with van der Waals surface area (Å²) >= 11 is 0. The SMILES string of the molecule is CC/C=C\CCCN1CCC[C@](CC)(C(N)=O)C1. The molecule has 0 aromatic heterocycles. The molecule has 1 fully saturated rings. The number of piperidine rings is 1. The van der Waals surface area contributed by atoms with Gasteiger partial charge in [0.1, 0.15) is 0 Å². The molecule has 0 bridgehead atoms. The van der Waals surface area contributed by atoms with Crippen molar-refractivity contribution < 1.29 is 4.79 Å². The Bertz CT molecular complexity index is 288. The van der Waals surface area contributed by atoms with E-state index >= 15 is 0 Å². The Balaban J connectivity index is 2.39. The van der Waals surface area contributed by atoms with Gasteiger partial charge in [0.25, 0.3) is 0 Å². The lowest BCUT2D eigenvalue weighted by Crippen LogP contribution is -2.50. The van der Waals surface area contributed by atoms with Gasteiger partial charge in [0.2, 0.25) is 5.91 Å². The molecule has 1 heterocycles. The number of nitrogens with zero attached hydrogens (tertiary/aromatic N) is 1. The number of carbonyl (C=O) groups excluding carboxylic acids is 1. The van der Waals surface area contributed by atoms with Gasteiger partial charge in [-0.2, -0.15) is 0 Å². The topological polar surface area (TPSA) is 46.3 Å². The van der Waals surface area contributed by atoms with Gasteiger partial charge in [-0.3, -0.25) is 4.79 Å². The second-order valence-electron chi connectivity index (χ2n) is 5.40. The van der Waals surface area contributed by atoms with Gasteiger partial charge in [-0.25, -0.2) is 0 Å². The summed E-state index contributed by atoms with van der Waals surface area (Å²) < 4.78 is 0. The molecular formula is C15H28N2O. The highest BCUT2D eigenvalue weighted by Crippen LogP contribution is 2.33. The van der Waals surface area contributed by atoms with Gasteiger partial charge in [-0.05, 0) is 51.6 Å². The van der Waals surface area contributed by atoms with Crippen LogP contribution in [0.3, 0.4) is 0 Å². The van der Waals surface area contributed by atoms with Gasteiger partial charge in [-0.1, -0.05) is 26.0 Å². The molecule has 0 unspecified atom stereocenters. The van der Waals surface area contributed by atoms with Gasteiger partial charge in [0.15, 0.2) is 0 Å². The number of hydrogen-bond donors (Lipinski definition) is 1. The third-order valence-corrected chi connectivity index (χ3v) is 4.10. The maximum atomic E-state index is 11.7. The first-order valence-electron chi connectivity index (χ1n) is 7.32. The molecule has 2 N–H and O–H groups in total. The van der Waals surface area contributed by atoms with Crippen molar-refractivity contribution in [2.24, 2.45) is 11.1 Å². The Hall–Kier alpha value is -0.830. The van der Waals surface area contributed by atoms with E-state index in [0.29, 0.717) is 0 Å². The average Bonchev–Trinajstić information content (AvgIpc) is 2.38. The van der Waals surface area contributed by atoms with Crippen LogP contribution in [0.2, 0.25) is 0 Å². The van der Waals surface area contributed by atoms with Crippen molar-refractivity contribution in [3.63, 3.8) is 0 Å². The standard InChI is InChI=1S/C15H28N2O/c1-3-5-6-7-8-11-17-12-9-10-15(4-2,13-17)14(16)18/h5-6H,3-4,7-13H2,1-2H3,(H2,16,18)/b6-5-/t15-/m0/s1. The number of rotatable bonds is 7. The Labute approximate surface area is 111 Å². The van der Waals surface area contributed by atoms with Crippen LogP contribution in [0.4, 0.5) is 0 Å². The fourth-order valence-corrected chi connectivity index (χ4v) is 2.80. The van der Waals surface area contributed by atoms with Crippen molar-refractivity contribution in [3.8, 4) is 0 Å². The molecule has 0 aromatic rings. The van der Waals surface area contributed by atoms with Gasteiger partial charge in [0.05, 0.1) is 5.41 Å². The Kier molecular flexibility index (Phi) is 6.41. The summed E-state index contributed by atoms with van der Waals surface area (Å²) in [7, 11) is 0. The lowest BCUT2D eigenvalue weighted by molar-refractivity contribution is -0.131. The van der Waals surface area contributed by atoms with Crippen molar-refractivity contribution in [3.05, 3.63) is 12.2 Å². The molecule has 0 aromatic carbocycles.